The number of rotatable bonds is 2. The summed E-state index contributed by atoms with van der Waals surface area (Å²) in [5, 5.41) is 17.8. The zero-order valence-corrected chi connectivity index (χ0v) is 6.78. The Morgan fingerprint density at radius 1 is 1.45 bits per heavy atom. The Balaban J connectivity index is 2.63. The van der Waals surface area contributed by atoms with E-state index < -0.39 is 11.7 Å². The van der Waals surface area contributed by atoms with Gasteiger partial charge in [-0.05, 0) is 13.8 Å². The highest BCUT2D eigenvalue weighted by molar-refractivity contribution is 4.88. The van der Waals surface area contributed by atoms with Crippen LogP contribution in [0.3, 0.4) is 0 Å². The van der Waals surface area contributed by atoms with Gasteiger partial charge in [-0.2, -0.15) is 0 Å². The molecule has 1 aliphatic heterocycles. The molecule has 66 valence electrons. The Hall–Kier alpha value is -0.160. The summed E-state index contributed by atoms with van der Waals surface area (Å²) in [6.45, 7) is 3.20. The van der Waals surface area contributed by atoms with E-state index >= 15 is 0 Å². The fourth-order valence-electron chi connectivity index (χ4n) is 1.23. The van der Waals surface area contributed by atoms with Crippen molar-refractivity contribution >= 4 is 0 Å². The summed E-state index contributed by atoms with van der Waals surface area (Å²) in [5.41, 5.74) is -0.742. The van der Waals surface area contributed by atoms with E-state index in [1.54, 1.807) is 13.8 Å². The van der Waals surface area contributed by atoms with Gasteiger partial charge in [0.1, 0.15) is 11.7 Å². The Bertz CT molecular complexity index is 138. The summed E-state index contributed by atoms with van der Waals surface area (Å²) < 4.78 is 10.5. The minimum Gasteiger partial charge on any atom is -0.394 e. The lowest BCUT2D eigenvalue weighted by atomic mass is 10.0. The molecule has 0 aromatic heterocycles. The van der Waals surface area contributed by atoms with Crippen molar-refractivity contribution in [2.75, 3.05) is 13.2 Å². The van der Waals surface area contributed by atoms with E-state index in [1.807, 2.05) is 0 Å². The van der Waals surface area contributed by atoms with Crippen LogP contribution in [0.4, 0.5) is 0 Å². The quantitative estimate of drug-likeness (QED) is 0.574. The predicted molar refractivity (Wildman–Crippen MR) is 38.0 cm³/mol. The normalized spacial score (nSPS) is 44.7. The molecule has 0 aromatic carbocycles. The minimum atomic E-state index is -0.742. The van der Waals surface area contributed by atoms with Crippen molar-refractivity contribution in [1.29, 1.82) is 0 Å². The van der Waals surface area contributed by atoms with Crippen LogP contribution in [0.2, 0.25) is 0 Å². The highest BCUT2D eigenvalue weighted by Gasteiger charge is 2.43. The Labute approximate surface area is 65.7 Å². The molecular formula is C7H14O4. The molecule has 0 aliphatic carbocycles. The largest absolute Gasteiger partial charge is 0.394 e. The Morgan fingerprint density at radius 3 is 2.45 bits per heavy atom. The maximum Gasteiger partial charge on any atom is 0.156 e. The van der Waals surface area contributed by atoms with Gasteiger partial charge < -0.3 is 19.7 Å². The fraction of sp³-hybridized carbons (Fsp3) is 1.00. The summed E-state index contributed by atoms with van der Waals surface area (Å²) in [6, 6.07) is 0. The van der Waals surface area contributed by atoms with Crippen LogP contribution in [0.1, 0.15) is 13.8 Å². The molecule has 0 amide bonds. The van der Waals surface area contributed by atoms with Gasteiger partial charge in [0.2, 0.25) is 0 Å². The molecule has 0 aromatic rings. The van der Waals surface area contributed by atoms with Crippen molar-refractivity contribution in [2.24, 2.45) is 0 Å². The molecule has 2 N–H and O–H groups in total. The second-order valence-electron chi connectivity index (χ2n) is 2.96. The third-order valence-corrected chi connectivity index (χ3v) is 1.95. The van der Waals surface area contributed by atoms with Gasteiger partial charge in [0.15, 0.2) is 6.29 Å². The van der Waals surface area contributed by atoms with Crippen molar-refractivity contribution in [3.05, 3.63) is 0 Å². The summed E-state index contributed by atoms with van der Waals surface area (Å²) in [4.78, 5) is 0. The zero-order chi connectivity index (χ0) is 8.48. The fourth-order valence-corrected chi connectivity index (χ4v) is 1.23. The predicted octanol–water partition coefficient (Wildman–Crippen LogP) is -0.509. The summed E-state index contributed by atoms with van der Waals surface area (Å²) in [7, 11) is 0. The first kappa shape index (κ1) is 8.93. The summed E-state index contributed by atoms with van der Waals surface area (Å²) in [5.74, 6) is 0. The lowest BCUT2D eigenvalue weighted by molar-refractivity contribution is -0.0858. The zero-order valence-electron chi connectivity index (χ0n) is 6.78. The lowest BCUT2D eigenvalue weighted by Crippen LogP contribution is -2.42. The average Bonchev–Trinajstić information content (AvgIpc) is 2.27. The monoisotopic (exact) mass is 162 g/mol. The van der Waals surface area contributed by atoms with Gasteiger partial charge in [-0.25, -0.2) is 0 Å². The van der Waals surface area contributed by atoms with Crippen molar-refractivity contribution < 1.29 is 19.7 Å². The maximum atomic E-state index is 8.93. The molecule has 1 fully saturated rings. The van der Waals surface area contributed by atoms with Crippen LogP contribution in [-0.4, -0.2) is 41.4 Å². The molecule has 1 rings (SSSR count). The first-order chi connectivity index (χ1) is 5.12. The van der Waals surface area contributed by atoms with Crippen molar-refractivity contribution in [2.45, 2.75) is 31.8 Å². The number of ether oxygens (including phenoxy) is 2. The topological polar surface area (TPSA) is 58.9 Å². The first-order valence-corrected chi connectivity index (χ1v) is 3.67. The molecule has 1 aliphatic rings. The van der Waals surface area contributed by atoms with E-state index in [1.165, 1.54) is 0 Å². The summed E-state index contributed by atoms with van der Waals surface area (Å²) in [6.07, 6.45) is -0.758. The highest BCUT2D eigenvalue weighted by Crippen LogP contribution is 2.28. The first-order valence-electron chi connectivity index (χ1n) is 3.67. The lowest BCUT2D eigenvalue weighted by Gasteiger charge is -2.24. The van der Waals surface area contributed by atoms with Gasteiger partial charge in [0.05, 0.1) is 13.2 Å². The molecule has 0 saturated carbocycles. The molecule has 4 nitrogen and oxygen atoms in total. The molecule has 3 atom stereocenters. The van der Waals surface area contributed by atoms with Crippen LogP contribution in [0.5, 0.6) is 0 Å². The van der Waals surface area contributed by atoms with Crippen LogP contribution in [-0.2, 0) is 9.47 Å². The smallest absolute Gasteiger partial charge is 0.156 e. The van der Waals surface area contributed by atoms with Gasteiger partial charge in [-0.3, -0.25) is 0 Å². The third-order valence-electron chi connectivity index (χ3n) is 1.95. The van der Waals surface area contributed by atoms with Gasteiger partial charge in [-0.1, -0.05) is 0 Å². The Kier molecular flexibility index (Phi) is 2.49. The molecule has 0 bridgehead atoms. The molecule has 1 heterocycles. The maximum absolute atomic E-state index is 8.93. The van der Waals surface area contributed by atoms with Crippen LogP contribution in [0.25, 0.3) is 0 Å². The standard InChI is InChI=1S/C7H14O4/c1-5-10-6(3-8)7(2,4-9)11-5/h5-6,8-9H,3-4H2,1-2H3. The summed E-state index contributed by atoms with van der Waals surface area (Å²) >= 11 is 0. The molecule has 3 unspecified atom stereocenters. The molecule has 4 heteroatoms. The van der Waals surface area contributed by atoms with Crippen LogP contribution >= 0.6 is 0 Å². The van der Waals surface area contributed by atoms with E-state index in [2.05, 4.69) is 0 Å². The van der Waals surface area contributed by atoms with Crippen LogP contribution < -0.4 is 0 Å². The molecule has 0 radical (unpaired) electrons. The Morgan fingerprint density at radius 2 is 2.09 bits per heavy atom. The third kappa shape index (κ3) is 1.54. The van der Waals surface area contributed by atoms with E-state index in [9.17, 15) is 0 Å². The minimum absolute atomic E-state index is 0.124. The second-order valence-corrected chi connectivity index (χ2v) is 2.96. The molecule has 0 spiro atoms. The van der Waals surface area contributed by atoms with Crippen molar-refractivity contribution in [1.82, 2.24) is 0 Å². The van der Waals surface area contributed by atoms with Gasteiger partial charge in [-0.15, -0.1) is 0 Å². The van der Waals surface area contributed by atoms with Gasteiger partial charge in [0.25, 0.3) is 0 Å². The number of hydrogen-bond donors (Lipinski definition) is 2. The average molecular weight is 162 g/mol. The van der Waals surface area contributed by atoms with Crippen molar-refractivity contribution in [3.63, 3.8) is 0 Å². The van der Waals surface area contributed by atoms with E-state index in [4.69, 9.17) is 19.7 Å². The molecular weight excluding hydrogens is 148 g/mol. The van der Waals surface area contributed by atoms with Crippen LogP contribution in [0, 0.1) is 0 Å². The number of aliphatic hydroxyl groups is 2. The van der Waals surface area contributed by atoms with E-state index in [-0.39, 0.29) is 19.5 Å². The van der Waals surface area contributed by atoms with E-state index in [0.29, 0.717) is 0 Å². The van der Waals surface area contributed by atoms with Crippen LogP contribution in [0.15, 0.2) is 0 Å². The van der Waals surface area contributed by atoms with Gasteiger partial charge in [0, 0.05) is 0 Å². The molecule has 1 saturated heterocycles. The van der Waals surface area contributed by atoms with E-state index in [0.717, 1.165) is 0 Å². The van der Waals surface area contributed by atoms with Gasteiger partial charge >= 0.3 is 0 Å². The second kappa shape index (κ2) is 3.06. The SMILES string of the molecule is CC1OC(CO)C(C)(CO)O1. The molecule has 11 heavy (non-hydrogen) atoms. The number of aliphatic hydroxyl groups excluding tert-OH is 2. The van der Waals surface area contributed by atoms with Crippen molar-refractivity contribution in [3.8, 4) is 0 Å². The highest BCUT2D eigenvalue weighted by atomic mass is 16.7. The number of hydrogen-bond acceptors (Lipinski definition) is 4.